The van der Waals surface area contributed by atoms with E-state index in [2.05, 4.69) is 60.2 Å². The highest BCUT2D eigenvalue weighted by Gasteiger charge is 2.80. The molecule has 0 amide bonds. The minimum Gasteiger partial charge on any atom is -0.381 e. The van der Waals surface area contributed by atoms with Crippen LogP contribution in [0.1, 0.15) is 0 Å². The Morgan fingerprint density at radius 3 is 0.875 bits per heavy atom. The van der Waals surface area contributed by atoms with Gasteiger partial charge in [0.05, 0.1) is 0 Å². The predicted molar refractivity (Wildman–Crippen MR) is 86.7 cm³/mol. The smallest absolute Gasteiger partial charge is 0.381 e. The number of phosphoric acid groups is 4. The monoisotopic (exact) mass is 564 g/mol. The fourth-order valence-corrected chi connectivity index (χ4v) is 4.82. The molecule has 1 aliphatic rings. The zero-order chi connectivity index (χ0) is 25.1. The number of aliphatic hydroxyl groups excluding tert-OH is 2. The normalized spacial score (nSPS) is 36.4. The van der Waals surface area contributed by atoms with Crippen LogP contribution in [-0.2, 0) is 54.9 Å². The van der Waals surface area contributed by atoms with Crippen LogP contribution in [0, 0.1) is 0 Å². The maximum atomic E-state index is 11.9. The summed E-state index contributed by atoms with van der Waals surface area (Å²) in [7, 11) is -20.8. The van der Waals surface area contributed by atoms with Gasteiger partial charge in [0.2, 0.25) is 0 Å². The lowest BCUT2D eigenvalue weighted by atomic mass is 9.85. The second-order valence-electron chi connectivity index (χ2n) is 5.65. The van der Waals surface area contributed by atoms with Gasteiger partial charge in [-0.3, -0.25) is 19.6 Å². The number of hydrogen-bond donors (Lipinski definition) is 10. The van der Waals surface area contributed by atoms with Crippen LogP contribution in [0.4, 0.5) is 0 Å². The summed E-state index contributed by atoms with van der Waals surface area (Å²) in [4.78, 5) is 38.2. The lowest BCUT2D eigenvalue weighted by Gasteiger charge is -2.27. The molecule has 1 rings (SSSR count). The highest BCUT2D eigenvalue weighted by atomic mass is 31.2. The molecule has 4 unspecified atom stereocenters. The average molecular weight is 564 g/mol. The van der Waals surface area contributed by atoms with E-state index in [0.29, 0.717) is 0 Å². The molecule has 0 aromatic carbocycles. The van der Waals surface area contributed by atoms with Gasteiger partial charge in [0.1, 0.15) is 0 Å². The molecule has 0 heterocycles. The maximum absolute atomic E-state index is 11.9. The molecule has 10 atom stereocenters. The third-order valence-corrected chi connectivity index (χ3v) is 7.01. The molecule has 32 heavy (non-hydrogen) atoms. The van der Waals surface area contributed by atoms with Gasteiger partial charge < -0.3 is 10.2 Å². The van der Waals surface area contributed by atoms with E-state index in [4.69, 9.17) is 0 Å². The molecule has 18 N–H and O–H groups in total. The Bertz CT molecular complexity index is 761. The van der Waals surface area contributed by atoms with E-state index in [1.807, 2.05) is 0 Å². The van der Waals surface area contributed by atoms with E-state index >= 15 is 0 Å². The lowest BCUT2D eigenvalue weighted by Crippen LogP contribution is -2.66. The number of quaternary nitrogens is 4. The second-order valence-corrected chi connectivity index (χ2v) is 11.3. The van der Waals surface area contributed by atoms with Gasteiger partial charge in [-0.25, -0.2) is 0 Å². The summed E-state index contributed by atoms with van der Waals surface area (Å²) in [6.07, 6.45) is -14.7. The van der Waals surface area contributed by atoms with Crippen LogP contribution in [0.15, 0.2) is 0 Å². The second kappa shape index (κ2) is 11.3. The van der Waals surface area contributed by atoms with Crippen LogP contribution in [0.3, 0.4) is 0 Å². The molecule has 188 valence electrons. The summed E-state index contributed by atoms with van der Waals surface area (Å²) in [6.45, 7) is 0. The van der Waals surface area contributed by atoms with Gasteiger partial charge >= 0.3 is 55.7 Å². The van der Waals surface area contributed by atoms with Gasteiger partial charge in [-0.15, -0.1) is 0 Å². The molecule has 0 aromatic heterocycles. The summed E-state index contributed by atoms with van der Waals surface area (Å²) in [5, 5.41) is 20.6. The number of hydrogen-bond acceptors (Lipinski definition) is 14. The van der Waals surface area contributed by atoms with E-state index < -0.39 is 67.9 Å². The Morgan fingerprint density at radius 2 is 0.688 bits per heavy atom. The maximum Gasteiger partial charge on any atom is 0.755 e. The Labute approximate surface area is 177 Å². The summed E-state index contributed by atoms with van der Waals surface area (Å²) in [5.41, 5.74) is 0. The molecule has 1 fully saturated rings. The number of rotatable bonds is 12. The molecule has 1 aliphatic carbocycles. The van der Waals surface area contributed by atoms with Gasteiger partial charge in [-0.1, -0.05) is 0 Å². The fraction of sp³-hybridized carbons (Fsp3) is 1.00. The highest BCUT2D eigenvalue weighted by Crippen LogP contribution is 2.55. The molecule has 22 nitrogen and oxygen atoms in total. The Hall–Kier alpha value is 0.200. The first-order valence-electron chi connectivity index (χ1n) is 7.60. The minimum absolute atomic E-state index is 2.41. The zero-order valence-electron chi connectivity index (χ0n) is 15.7. The van der Waals surface area contributed by atoms with Crippen molar-refractivity contribution in [3.05, 3.63) is 0 Å². The standard InChI is InChI=1S/C6H20N4O18P4/c7-25-29(13,14)21-3-1(11)2(12)4(22-30(15,16)26-8)6(24-32(19,20)28-10)5(3)23-31(17,18)27-9/h1-6,11-12H,7-10H3/q+4/p+4/t1-,2+,3-,4-,5+,6+/m0/s1. The molecule has 1 saturated carbocycles. The third kappa shape index (κ3) is 8.15. The van der Waals surface area contributed by atoms with E-state index in [1.54, 1.807) is 0 Å². The van der Waals surface area contributed by atoms with Crippen molar-refractivity contribution in [1.29, 1.82) is 0 Å². The molecule has 26 heteroatoms. The molecule has 0 aromatic rings. The van der Waals surface area contributed by atoms with Crippen molar-refractivity contribution in [2.45, 2.75) is 36.6 Å². The van der Waals surface area contributed by atoms with Crippen molar-refractivity contribution in [2.75, 3.05) is 0 Å². The van der Waals surface area contributed by atoms with E-state index in [-0.39, 0.29) is 0 Å². The van der Waals surface area contributed by atoms with Crippen LogP contribution >= 0.6 is 31.3 Å². The van der Waals surface area contributed by atoms with Crippen molar-refractivity contribution in [3.8, 4) is 0 Å². The first-order valence-corrected chi connectivity index (χ1v) is 13.6. The van der Waals surface area contributed by atoms with Crippen LogP contribution in [0.25, 0.3) is 0 Å². The van der Waals surface area contributed by atoms with E-state index in [0.717, 1.165) is 0 Å². The summed E-state index contributed by atoms with van der Waals surface area (Å²) in [6, 6.07) is 0. The summed E-state index contributed by atoms with van der Waals surface area (Å²) < 4.78 is 81.4. The van der Waals surface area contributed by atoms with Crippen LogP contribution < -0.4 is 23.6 Å². The topological polar surface area (TPSA) is 382 Å². The molecule has 4 radical (unpaired) electrons. The van der Waals surface area contributed by atoms with Crippen molar-refractivity contribution < 1.29 is 108 Å². The van der Waals surface area contributed by atoms with Crippen molar-refractivity contribution in [1.82, 2.24) is 0 Å². The SMILES string of the molecule is [NH3+]OP(=O)(O)[O+][C@H]1[C@H]([O+]P(=O)(O)O[NH3+])[C@@H]([O+]P(=O)(O)O[NH3+])[C@@H](O)[C@@H](O)[C@@H]1[O+]P(=O)(O)O[NH3+]. The minimum atomic E-state index is -5.25. The number of phosphoric ester groups is 4. The van der Waals surface area contributed by atoms with E-state index in [9.17, 15) is 48.0 Å². The summed E-state index contributed by atoms with van der Waals surface area (Å²) in [5.74, 6) is 10.5. The van der Waals surface area contributed by atoms with Crippen molar-refractivity contribution in [2.24, 2.45) is 0 Å². The Balaban J connectivity index is 3.64. The van der Waals surface area contributed by atoms with Crippen molar-refractivity contribution in [3.63, 3.8) is 0 Å². The predicted octanol–water partition coefficient (Wildman–Crippen LogP) is -6.64. The Morgan fingerprint density at radius 1 is 0.500 bits per heavy atom. The van der Waals surface area contributed by atoms with Crippen molar-refractivity contribution >= 4 is 31.3 Å². The first kappa shape index (κ1) is 30.2. The fourth-order valence-electron chi connectivity index (χ4n) is 2.37. The molecule has 0 saturated heterocycles. The largest absolute Gasteiger partial charge is 0.755 e. The number of aliphatic hydroxyl groups is 2. The van der Waals surface area contributed by atoms with Gasteiger partial charge in [0, 0.05) is 0 Å². The van der Waals surface area contributed by atoms with Gasteiger partial charge in [-0.2, -0.15) is 41.8 Å². The van der Waals surface area contributed by atoms with Gasteiger partial charge in [0.25, 0.3) is 0 Å². The van der Waals surface area contributed by atoms with Crippen LogP contribution in [0.5, 0.6) is 0 Å². The van der Waals surface area contributed by atoms with Gasteiger partial charge in [0.15, 0.2) is 12.2 Å². The van der Waals surface area contributed by atoms with Gasteiger partial charge in [-0.05, 0) is 36.6 Å². The lowest BCUT2D eigenvalue weighted by molar-refractivity contribution is -0.645. The molecular formula is C6H24N4O18P4+8. The average Bonchev–Trinajstić information content (AvgIpc) is 2.71. The molecule has 0 aliphatic heterocycles. The molecule has 0 bridgehead atoms. The first-order chi connectivity index (χ1) is 14.4. The third-order valence-electron chi connectivity index (χ3n) is 3.67. The van der Waals surface area contributed by atoms with E-state index in [1.165, 1.54) is 0 Å². The highest BCUT2D eigenvalue weighted by molar-refractivity contribution is 7.48. The van der Waals surface area contributed by atoms with Crippen LogP contribution in [-0.4, -0.2) is 66.4 Å². The zero-order valence-corrected chi connectivity index (χ0v) is 19.2. The molecular weight excluding hydrogens is 540 g/mol. The summed E-state index contributed by atoms with van der Waals surface area (Å²) >= 11 is 0. The quantitative estimate of drug-likeness (QED) is 0.0598. The molecule has 0 spiro atoms. The van der Waals surface area contributed by atoms with Crippen LogP contribution in [0.2, 0.25) is 0 Å². The Kier molecular flexibility index (Phi) is 10.7.